The number of hydrogen-bond acceptors (Lipinski definition) is 4. The maximum Gasteiger partial charge on any atom is 0.243 e. The van der Waals surface area contributed by atoms with Gasteiger partial charge in [0.1, 0.15) is 17.2 Å². The lowest BCUT2D eigenvalue weighted by Crippen LogP contribution is -2.52. The lowest BCUT2D eigenvalue weighted by Gasteiger charge is -2.42. The Morgan fingerprint density at radius 2 is 1.80 bits per heavy atom. The highest BCUT2D eigenvalue weighted by Gasteiger charge is 2.53. The Morgan fingerprint density at radius 3 is 2.32 bits per heavy atom. The van der Waals surface area contributed by atoms with Crippen molar-refractivity contribution in [1.29, 1.82) is 0 Å². The van der Waals surface area contributed by atoms with E-state index in [4.69, 9.17) is 0 Å². The van der Waals surface area contributed by atoms with Gasteiger partial charge in [-0.05, 0) is 37.1 Å². The summed E-state index contributed by atoms with van der Waals surface area (Å²) < 4.78 is 42.5. The number of aliphatic hydroxyl groups is 1. The molecule has 25 heavy (non-hydrogen) atoms. The molecule has 0 unspecified atom stereocenters. The van der Waals surface area contributed by atoms with Gasteiger partial charge in [0, 0.05) is 44.4 Å². The first kappa shape index (κ1) is 16.7. The Kier molecular flexibility index (Phi) is 3.75. The number of aromatic nitrogens is 2. The van der Waals surface area contributed by atoms with Crippen molar-refractivity contribution in [3.63, 3.8) is 0 Å². The standard InChI is InChI=1S/C17H20FN3O3S/c1-20-9-8-19-16(20)17(22)10-13-4-5-14(11-17)21(13)25(23,24)15-6-2-12(18)3-7-15/h2-3,6-9,13-14,22H,4-5,10-11H2,1H3/t13-,14-/m0/s1. The Morgan fingerprint density at radius 1 is 1.20 bits per heavy atom. The first-order valence-corrected chi connectivity index (χ1v) is 9.74. The van der Waals surface area contributed by atoms with E-state index in [-0.39, 0.29) is 17.0 Å². The molecule has 2 bridgehead atoms. The molecule has 6 nitrogen and oxygen atoms in total. The van der Waals surface area contributed by atoms with Crippen molar-refractivity contribution in [2.24, 2.45) is 7.05 Å². The highest BCUT2D eigenvalue weighted by atomic mass is 32.2. The Hall–Kier alpha value is -1.77. The Labute approximate surface area is 146 Å². The first-order valence-electron chi connectivity index (χ1n) is 8.30. The molecule has 2 aliphatic rings. The molecule has 2 saturated heterocycles. The third-order valence-electron chi connectivity index (χ3n) is 5.33. The summed E-state index contributed by atoms with van der Waals surface area (Å²) in [5.41, 5.74) is -1.13. The number of benzene rings is 1. The van der Waals surface area contributed by atoms with Gasteiger partial charge < -0.3 is 9.67 Å². The second kappa shape index (κ2) is 5.62. The molecule has 4 rings (SSSR count). The molecule has 2 aliphatic heterocycles. The molecular weight excluding hydrogens is 345 g/mol. The van der Waals surface area contributed by atoms with E-state index in [0.29, 0.717) is 31.5 Å². The van der Waals surface area contributed by atoms with E-state index >= 15 is 0 Å². The third-order valence-corrected chi connectivity index (χ3v) is 7.35. The number of fused-ring (bicyclic) bond motifs is 2. The second-order valence-electron chi connectivity index (χ2n) is 6.98. The van der Waals surface area contributed by atoms with Gasteiger partial charge in [-0.1, -0.05) is 0 Å². The summed E-state index contributed by atoms with van der Waals surface area (Å²) >= 11 is 0. The predicted octanol–water partition coefficient (Wildman–Crippen LogP) is 1.76. The van der Waals surface area contributed by atoms with Crippen LogP contribution in [0.5, 0.6) is 0 Å². The summed E-state index contributed by atoms with van der Waals surface area (Å²) in [7, 11) is -1.89. The van der Waals surface area contributed by atoms with Crippen molar-refractivity contribution < 1.29 is 17.9 Å². The number of rotatable bonds is 3. The number of hydrogen-bond donors (Lipinski definition) is 1. The maximum absolute atomic E-state index is 13.1. The van der Waals surface area contributed by atoms with E-state index in [2.05, 4.69) is 4.98 Å². The zero-order chi connectivity index (χ0) is 17.8. The number of halogens is 1. The van der Waals surface area contributed by atoms with Crippen LogP contribution in [0.2, 0.25) is 0 Å². The Bertz CT molecular complexity index is 880. The average Bonchev–Trinajstić information content (AvgIpc) is 3.11. The Balaban J connectivity index is 1.67. The fraction of sp³-hybridized carbons (Fsp3) is 0.471. The molecule has 2 fully saturated rings. The molecule has 0 aliphatic carbocycles. The molecule has 0 amide bonds. The van der Waals surface area contributed by atoms with Crippen LogP contribution in [0.25, 0.3) is 0 Å². The lowest BCUT2D eigenvalue weighted by molar-refractivity contribution is -0.0429. The van der Waals surface area contributed by atoms with Crippen molar-refractivity contribution in [2.45, 2.75) is 48.3 Å². The van der Waals surface area contributed by atoms with Gasteiger partial charge in [0.2, 0.25) is 10.0 Å². The largest absolute Gasteiger partial charge is 0.382 e. The number of aryl methyl sites for hydroxylation is 1. The summed E-state index contributed by atoms with van der Waals surface area (Å²) in [6.45, 7) is 0. The summed E-state index contributed by atoms with van der Waals surface area (Å²) in [5.74, 6) is 0.105. The fourth-order valence-electron chi connectivity index (χ4n) is 4.30. The van der Waals surface area contributed by atoms with Crippen molar-refractivity contribution in [2.75, 3.05) is 0 Å². The molecule has 0 spiro atoms. The quantitative estimate of drug-likeness (QED) is 0.899. The molecule has 0 radical (unpaired) electrons. The van der Waals surface area contributed by atoms with E-state index in [1.165, 1.54) is 16.4 Å². The smallest absolute Gasteiger partial charge is 0.243 e. The van der Waals surface area contributed by atoms with Gasteiger partial charge in [-0.15, -0.1) is 0 Å². The van der Waals surface area contributed by atoms with E-state index < -0.39 is 21.4 Å². The van der Waals surface area contributed by atoms with Crippen LogP contribution in [0.1, 0.15) is 31.5 Å². The number of nitrogens with zero attached hydrogens (tertiary/aromatic N) is 3. The van der Waals surface area contributed by atoms with Gasteiger partial charge in [0.15, 0.2) is 0 Å². The van der Waals surface area contributed by atoms with Crippen LogP contribution >= 0.6 is 0 Å². The van der Waals surface area contributed by atoms with E-state index in [1.807, 2.05) is 7.05 Å². The molecule has 1 aromatic carbocycles. The normalized spacial score (nSPS) is 29.9. The molecular formula is C17H20FN3O3S. The minimum absolute atomic E-state index is 0.0910. The molecule has 3 heterocycles. The van der Waals surface area contributed by atoms with Crippen LogP contribution in [0.4, 0.5) is 4.39 Å². The zero-order valence-corrected chi connectivity index (χ0v) is 14.7. The van der Waals surface area contributed by atoms with Crippen molar-refractivity contribution >= 4 is 10.0 Å². The average molecular weight is 365 g/mol. The van der Waals surface area contributed by atoms with Crippen LogP contribution in [-0.2, 0) is 22.7 Å². The maximum atomic E-state index is 13.1. The zero-order valence-electron chi connectivity index (χ0n) is 13.8. The minimum Gasteiger partial charge on any atom is -0.382 e. The van der Waals surface area contributed by atoms with Crippen molar-refractivity contribution in [3.8, 4) is 0 Å². The fourth-order valence-corrected chi connectivity index (χ4v) is 6.17. The molecule has 0 saturated carbocycles. The number of sulfonamides is 1. The van der Waals surface area contributed by atoms with Crippen molar-refractivity contribution in [3.05, 3.63) is 48.3 Å². The predicted molar refractivity (Wildman–Crippen MR) is 88.6 cm³/mol. The molecule has 2 atom stereocenters. The van der Waals surface area contributed by atoms with Gasteiger partial charge in [0.05, 0.1) is 4.90 Å². The second-order valence-corrected chi connectivity index (χ2v) is 8.82. The van der Waals surface area contributed by atoms with E-state index in [9.17, 15) is 17.9 Å². The van der Waals surface area contributed by atoms with Gasteiger partial charge in [-0.25, -0.2) is 17.8 Å². The third kappa shape index (κ3) is 2.59. The van der Waals surface area contributed by atoms with Crippen LogP contribution in [-0.4, -0.2) is 39.5 Å². The SMILES string of the molecule is Cn1ccnc1C1(O)C[C@@H]2CC[C@@H](C1)N2S(=O)(=O)c1ccc(F)cc1. The highest BCUT2D eigenvalue weighted by Crippen LogP contribution is 2.47. The summed E-state index contributed by atoms with van der Waals surface area (Å²) in [6, 6.07) is 4.34. The van der Waals surface area contributed by atoms with Crippen molar-refractivity contribution in [1.82, 2.24) is 13.9 Å². The minimum atomic E-state index is -3.72. The number of imidazole rings is 1. The molecule has 1 aromatic heterocycles. The number of piperidine rings is 1. The monoisotopic (exact) mass is 365 g/mol. The topological polar surface area (TPSA) is 75.4 Å². The van der Waals surface area contributed by atoms with Crippen LogP contribution < -0.4 is 0 Å². The summed E-state index contributed by atoms with van der Waals surface area (Å²) in [6.07, 6.45) is 5.45. The molecule has 8 heteroatoms. The van der Waals surface area contributed by atoms with Gasteiger partial charge >= 0.3 is 0 Å². The van der Waals surface area contributed by atoms with Gasteiger partial charge in [-0.3, -0.25) is 0 Å². The van der Waals surface area contributed by atoms with Crippen LogP contribution in [0.15, 0.2) is 41.6 Å². The molecule has 2 aromatic rings. The summed E-state index contributed by atoms with van der Waals surface area (Å²) in [4.78, 5) is 4.36. The lowest BCUT2D eigenvalue weighted by atomic mass is 9.86. The van der Waals surface area contributed by atoms with E-state index in [1.54, 1.807) is 17.0 Å². The van der Waals surface area contributed by atoms with Gasteiger partial charge in [0.25, 0.3) is 0 Å². The molecule has 1 N–H and O–H groups in total. The highest BCUT2D eigenvalue weighted by molar-refractivity contribution is 7.89. The van der Waals surface area contributed by atoms with Crippen LogP contribution in [0.3, 0.4) is 0 Å². The summed E-state index contributed by atoms with van der Waals surface area (Å²) in [5, 5.41) is 11.1. The molecule has 134 valence electrons. The van der Waals surface area contributed by atoms with Gasteiger partial charge in [-0.2, -0.15) is 4.31 Å². The van der Waals surface area contributed by atoms with E-state index in [0.717, 1.165) is 12.1 Å². The first-order chi connectivity index (χ1) is 11.8. The van der Waals surface area contributed by atoms with Crippen LogP contribution in [0, 0.1) is 5.82 Å².